The number of hydrogen-bond donors (Lipinski definition) is 3. The van der Waals surface area contributed by atoms with Gasteiger partial charge in [-0.15, -0.1) is 0 Å². The predicted octanol–water partition coefficient (Wildman–Crippen LogP) is 5.21. The summed E-state index contributed by atoms with van der Waals surface area (Å²) in [5, 5.41) is 12.9. The molecule has 1 heterocycles. The Bertz CT molecular complexity index is 1390. The number of methoxy groups -OCH3 is 1. The first-order chi connectivity index (χ1) is 16.9. The molecular weight excluding hydrogens is 462 g/mol. The van der Waals surface area contributed by atoms with Crippen LogP contribution >= 0.6 is 12.2 Å². The first-order valence-electron chi connectivity index (χ1n) is 11.0. The maximum atomic E-state index is 12.8. The first-order valence-corrected chi connectivity index (χ1v) is 11.4. The lowest BCUT2D eigenvalue weighted by molar-refractivity contribution is -0.116. The molecule has 0 spiro atoms. The van der Waals surface area contributed by atoms with E-state index in [1.54, 1.807) is 35.9 Å². The van der Waals surface area contributed by atoms with Gasteiger partial charge in [0.05, 0.1) is 7.11 Å². The minimum absolute atomic E-state index is 0.177. The molecule has 0 atom stereocenters. The summed E-state index contributed by atoms with van der Waals surface area (Å²) in [4.78, 5) is 25.2. The Morgan fingerprint density at radius 2 is 1.77 bits per heavy atom. The monoisotopic (exact) mass is 487 g/mol. The van der Waals surface area contributed by atoms with E-state index in [-0.39, 0.29) is 18.2 Å². The summed E-state index contributed by atoms with van der Waals surface area (Å²) in [7, 11) is 1.61. The highest BCUT2D eigenvalue weighted by Crippen LogP contribution is 2.23. The molecular formula is C26H25N5O3S. The number of nitrogens with one attached hydrogen (secondary N) is 3. The number of nitrogens with zero attached hydrogens (tertiary/aromatic N) is 2. The Kier molecular flexibility index (Phi) is 7.37. The minimum atomic E-state index is -0.216. The van der Waals surface area contributed by atoms with Crippen LogP contribution in [-0.4, -0.2) is 33.7 Å². The van der Waals surface area contributed by atoms with Crippen molar-refractivity contribution in [2.24, 2.45) is 0 Å². The molecule has 4 rings (SSSR count). The van der Waals surface area contributed by atoms with Crippen LogP contribution in [0.15, 0.2) is 72.8 Å². The van der Waals surface area contributed by atoms with Crippen LogP contribution in [0.3, 0.4) is 0 Å². The molecule has 0 saturated heterocycles. The summed E-state index contributed by atoms with van der Waals surface area (Å²) in [5.74, 6) is 0.995. The van der Waals surface area contributed by atoms with Crippen molar-refractivity contribution in [2.75, 3.05) is 17.7 Å². The van der Waals surface area contributed by atoms with Gasteiger partial charge in [0.2, 0.25) is 5.91 Å². The molecule has 1 aromatic heterocycles. The zero-order valence-corrected chi connectivity index (χ0v) is 20.2. The number of amides is 2. The van der Waals surface area contributed by atoms with Gasteiger partial charge in [-0.3, -0.25) is 19.3 Å². The lowest BCUT2D eigenvalue weighted by Crippen LogP contribution is -2.16. The normalized spacial score (nSPS) is 10.6. The lowest BCUT2D eigenvalue weighted by Gasteiger charge is -2.12. The molecule has 178 valence electrons. The van der Waals surface area contributed by atoms with Crippen molar-refractivity contribution < 1.29 is 14.3 Å². The van der Waals surface area contributed by atoms with Gasteiger partial charge in [-0.1, -0.05) is 24.3 Å². The second-order valence-corrected chi connectivity index (χ2v) is 8.27. The Morgan fingerprint density at radius 3 is 2.49 bits per heavy atom. The van der Waals surface area contributed by atoms with Crippen molar-refractivity contribution in [1.82, 2.24) is 14.8 Å². The van der Waals surface area contributed by atoms with E-state index in [1.807, 2.05) is 55.5 Å². The molecule has 9 heteroatoms. The third kappa shape index (κ3) is 5.82. The lowest BCUT2D eigenvalue weighted by atomic mass is 10.1. The fourth-order valence-corrected chi connectivity index (χ4v) is 3.76. The molecule has 0 bridgehead atoms. The molecule has 8 nitrogen and oxygen atoms in total. The highest BCUT2D eigenvalue weighted by Gasteiger charge is 2.13. The topological polar surface area (TPSA) is 101 Å². The number of rotatable bonds is 8. The highest BCUT2D eigenvalue weighted by atomic mass is 32.1. The number of carbonyl (C=O) groups excluding carboxylic acids is 2. The average molecular weight is 488 g/mol. The molecule has 0 unspecified atom stereocenters. The van der Waals surface area contributed by atoms with Crippen LogP contribution in [0.1, 0.15) is 22.3 Å². The Hall–Kier alpha value is -4.24. The van der Waals surface area contributed by atoms with Gasteiger partial charge in [0.1, 0.15) is 5.75 Å². The van der Waals surface area contributed by atoms with Crippen LogP contribution < -0.4 is 15.4 Å². The van der Waals surface area contributed by atoms with Crippen molar-refractivity contribution in [3.63, 3.8) is 0 Å². The number of hydrogen-bond acceptors (Lipinski definition) is 5. The van der Waals surface area contributed by atoms with E-state index in [1.165, 1.54) is 0 Å². The second-order valence-electron chi connectivity index (χ2n) is 7.88. The molecule has 0 aliphatic rings. The Balaban J connectivity index is 1.42. The smallest absolute Gasteiger partial charge is 0.255 e. The van der Waals surface area contributed by atoms with Gasteiger partial charge in [-0.25, -0.2) is 0 Å². The summed E-state index contributed by atoms with van der Waals surface area (Å²) in [6.07, 6.45) is 0.192. The maximum absolute atomic E-state index is 12.8. The zero-order valence-electron chi connectivity index (χ0n) is 19.4. The van der Waals surface area contributed by atoms with Crippen molar-refractivity contribution in [3.8, 4) is 17.1 Å². The third-order valence-corrected chi connectivity index (χ3v) is 5.79. The van der Waals surface area contributed by atoms with Crippen LogP contribution in [0.5, 0.6) is 5.75 Å². The molecule has 2 amide bonds. The molecule has 0 fully saturated rings. The molecule has 35 heavy (non-hydrogen) atoms. The number of benzene rings is 3. The van der Waals surface area contributed by atoms with Crippen LogP contribution in [0.2, 0.25) is 0 Å². The molecule has 0 aliphatic carbocycles. The van der Waals surface area contributed by atoms with E-state index >= 15 is 0 Å². The predicted molar refractivity (Wildman–Crippen MR) is 138 cm³/mol. The van der Waals surface area contributed by atoms with Gasteiger partial charge in [0.15, 0.2) is 10.6 Å². The van der Waals surface area contributed by atoms with E-state index in [0.29, 0.717) is 34.1 Å². The Labute approximate surface area is 208 Å². The fraction of sp³-hybridized carbons (Fsp3) is 0.154. The Morgan fingerprint density at radius 1 is 1.03 bits per heavy atom. The van der Waals surface area contributed by atoms with E-state index in [9.17, 15) is 9.59 Å². The van der Waals surface area contributed by atoms with Crippen LogP contribution in [0.4, 0.5) is 11.4 Å². The van der Waals surface area contributed by atoms with Gasteiger partial charge in [-0.2, -0.15) is 5.10 Å². The first kappa shape index (κ1) is 23.9. The number of H-pyrrole nitrogens is 1. The summed E-state index contributed by atoms with van der Waals surface area (Å²) in [6.45, 7) is 2.25. The van der Waals surface area contributed by atoms with E-state index < -0.39 is 0 Å². The molecule has 3 N–H and O–H groups in total. The second kappa shape index (κ2) is 10.8. The molecule has 0 saturated carbocycles. The zero-order chi connectivity index (χ0) is 24.8. The number of aromatic amines is 1. The number of carbonyl (C=O) groups is 2. The van der Waals surface area contributed by atoms with Crippen LogP contribution in [-0.2, 0) is 11.3 Å². The van der Waals surface area contributed by atoms with E-state index in [2.05, 4.69) is 20.8 Å². The summed E-state index contributed by atoms with van der Waals surface area (Å²) < 4.78 is 7.43. The number of anilines is 2. The van der Waals surface area contributed by atoms with Gasteiger partial charge >= 0.3 is 0 Å². The van der Waals surface area contributed by atoms with Crippen molar-refractivity contribution >= 4 is 35.4 Å². The van der Waals surface area contributed by atoms with Gasteiger partial charge in [0.25, 0.3) is 5.91 Å². The summed E-state index contributed by atoms with van der Waals surface area (Å²) in [5.41, 5.74) is 3.53. The number of aryl methyl sites for hydroxylation is 1. The summed E-state index contributed by atoms with van der Waals surface area (Å²) >= 11 is 5.37. The highest BCUT2D eigenvalue weighted by molar-refractivity contribution is 7.71. The molecule has 0 aliphatic heterocycles. The quantitative estimate of drug-likeness (QED) is 0.296. The SMILES string of the molecule is COc1ccc(-c2n[nH]c(=S)n2CCC(=O)Nc2cc(NC(=O)c3ccccc3)ccc2C)cc1. The van der Waals surface area contributed by atoms with Gasteiger partial charge in [0, 0.05) is 35.5 Å². The molecule has 4 aromatic rings. The molecule has 0 radical (unpaired) electrons. The molecule has 3 aromatic carbocycles. The van der Waals surface area contributed by atoms with Crippen molar-refractivity contribution in [3.05, 3.63) is 88.7 Å². The average Bonchev–Trinajstić information content (AvgIpc) is 3.25. The number of ether oxygens (including phenoxy) is 1. The minimum Gasteiger partial charge on any atom is -0.497 e. The van der Waals surface area contributed by atoms with Gasteiger partial charge in [-0.05, 0) is 73.2 Å². The largest absolute Gasteiger partial charge is 0.497 e. The third-order valence-electron chi connectivity index (χ3n) is 5.47. The van der Waals surface area contributed by atoms with Crippen LogP contribution in [0.25, 0.3) is 11.4 Å². The number of aromatic nitrogens is 3. The standard InChI is InChI=1S/C26H25N5O3S/c1-17-8-11-20(27-25(33)19-6-4-3-5-7-19)16-22(17)28-23(32)14-15-31-24(29-30-26(31)35)18-9-12-21(34-2)13-10-18/h3-13,16H,14-15H2,1-2H3,(H,27,33)(H,28,32)(H,30,35). The van der Waals surface area contributed by atoms with E-state index in [0.717, 1.165) is 16.9 Å². The fourth-order valence-electron chi connectivity index (χ4n) is 3.54. The van der Waals surface area contributed by atoms with Gasteiger partial charge < -0.3 is 15.4 Å². The van der Waals surface area contributed by atoms with E-state index in [4.69, 9.17) is 17.0 Å². The maximum Gasteiger partial charge on any atom is 0.255 e. The van der Waals surface area contributed by atoms with Crippen LogP contribution in [0, 0.1) is 11.7 Å². The summed E-state index contributed by atoms with van der Waals surface area (Å²) in [6, 6.07) is 21.8. The van der Waals surface area contributed by atoms with Crippen molar-refractivity contribution in [1.29, 1.82) is 0 Å². The van der Waals surface area contributed by atoms with Crippen molar-refractivity contribution in [2.45, 2.75) is 19.9 Å².